The molecular formula is C19H20N2O5S. The van der Waals surface area contributed by atoms with Gasteiger partial charge in [-0.15, -0.1) is 0 Å². The third kappa shape index (κ3) is 5.75. The number of amides is 2. The van der Waals surface area contributed by atoms with Crippen LogP contribution in [0.5, 0.6) is 0 Å². The quantitative estimate of drug-likeness (QED) is 0.661. The van der Waals surface area contributed by atoms with Gasteiger partial charge in [0, 0.05) is 16.2 Å². The number of benzene rings is 2. The van der Waals surface area contributed by atoms with E-state index in [1.807, 2.05) is 6.07 Å². The van der Waals surface area contributed by atoms with Gasteiger partial charge in [0.25, 0.3) is 5.91 Å². The zero-order valence-electron chi connectivity index (χ0n) is 14.7. The van der Waals surface area contributed by atoms with Gasteiger partial charge in [-0.2, -0.15) is 0 Å². The van der Waals surface area contributed by atoms with Crippen molar-refractivity contribution in [1.82, 2.24) is 5.32 Å². The summed E-state index contributed by atoms with van der Waals surface area (Å²) in [5.41, 5.74) is 5.76. The second-order valence-corrected chi connectivity index (χ2v) is 7.22. The highest BCUT2D eigenvalue weighted by molar-refractivity contribution is 7.85. The van der Waals surface area contributed by atoms with Crippen LogP contribution in [0.3, 0.4) is 0 Å². The van der Waals surface area contributed by atoms with E-state index >= 15 is 0 Å². The zero-order chi connectivity index (χ0) is 19.8. The summed E-state index contributed by atoms with van der Waals surface area (Å²) in [6, 6.07) is 13.7. The van der Waals surface area contributed by atoms with E-state index in [2.05, 4.69) is 10.1 Å². The fraction of sp³-hybridized carbons (Fsp3) is 0.211. The molecule has 0 aliphatic heterocycles. The van der Waals surface area contributed by atoms with Gasteiger partial charge in [-0.05, 0) is 36.8 Å². The van der Waals surface area contributed by atoms with Crippen molar-refractivity contribution < 1.29 is 23.3 Å². The number of ether oxygens (including phenoxy) is 1. The number of nitrogens with one attached hydrogen (secondary N) is 1. The van der Waals surface area contributed by atoms with Gasteiger partial charge >= 0.3 is 5.97 Å². The molecule has 3 N–H and O–H groups in total. The summed E-state index contributed by atoms with van der Waals surface area (Å²) in [5, 5.41) is 2.52. The number of rotatable bonds is 8. The molecule has 8 heteroatoms. The minimum absolute atomic E-state index is 0.124. The van der Waals surface area contributed by atoms with E-state index in [0.717, 1.165) is 0 Å². The Hall–Kier alpha value is -3.00. The largest absolute Gasteiger partial charge is 0.465 e. The average Bonchev–Trinajstić information content (AvgIpc) is 2.70. The van der Waals surface area contributed by atoms with Crippen molar-refractivity contribution in [2.45, 2.75) is 17.4 Å². The number of hydrogen-bond donors (Lipinski definition) is 2. The highest BCUT2D eigenvalue weighted by atomic mass is 32.2. The molecule has 2 atom stereocenters. The molecule has 0 heterocycles. The highest BCUT2D eigenvalue weighted by Crippen LogP contribution is 2.10. The van der Waals surface area contributed by atoms with E-state index in [1.54, 1.807) is 24.3 Å². The van der Waals surface area contributed by atoms with Crippen LogP contribution in [-0.4, -0.2) is 40.9 Å². The number of methoxy groups -OCH3 is 1. The topological polar surface area (TPSA) is 116 Å². The Labute approximate surface area is 159 Å². The van der Waals surface area contributed by atoms with Crippen LogP contribution in [-0.2, 0) is 20.3 Å². The van der Waals surface area contributed by atoms with Gasteiger partial charge in [-0.3, -0.25) is 13.8 Å². The van der Waals surface area contributed by atoms with Crippen LogP contribution < -0.4 is 11.1 Å². The van der Waals surface area contributed by atoms with E-state index in [4.69, 9.17) is 5.73 Å². The van der Waals surface area contributed by atoms with Crippen LogP contribution in [0.25, 0.3) is 0 Å². The van der Waals surface area contributed by atoms with Crippen LogP contribution in [0, 0.1) is 0 Å². The summed E-state index contributed by atoms with van der Waals surface area (Å²) in [6.45, 7) is 0. The Kier molecular flexibility index (Phi) is 7.25. The first-order valence-electron chi connectivity index (χ1n) is 8.14. The maximum atomic E-state index is 12.4. The van der Waals surface area contributed by atoms with Crippen molar-refractivity contribution in [3.63, 3.8) is 0 Å². The summed E-state index contributed by atoms with van der Waals surface area (Å²) < 4.78 is 16.9. The van der Waals surface area contributed by atoms with E-state index < -0.39 is 34.6 Å². The molecule has 0 aliphatic rings. The molecule has 0 saturated carbocycles. The molecule has 2 amide bonds. The molecule has 2 rings (SSSR count). The van der Waals surface area contributed by atoms with Gasteiger partial charge in [-0.25, -0.2) is 4.79 Å². The van der Waals surface area contributed by atoms with Crippen LogP contribution in [0.1, 0.15) is 27.1 Å². The first kappa shape index (κ1) is 20.3. The van der Waals surface area contributed by atoms with Crippen molar-refractivity contribution >= 4 is 28.6 Å². The van der Waals surface area contributed by atoms with Crippen LogP contribution in [0.15, 0.2) is 59.5 Å². The van der Waals surface area contributed by atoms with Gasteiger partial charge in [-0.1, -0.05) is 24.3 Å². The Morgan fingerprint density at radius 3 is 2.37 bits per heavy atom. The number of primary amides is 1. The molecule has 0 aliphatic carbocycles. The lowest BCUT2D eigenvalue weighted by molar-refractivity contribution is -0.119. The molecule has 0 radical (unpaired) electrons. The van der Waals surface area contributed by atoms with E-state index in [1.165, 1.54) is 31.4 Å². The predicted octanol–water partition coefficient (Wildman–Crippen LogP) is 1.25. The normalized spacial score (nSPS) is 12.6. The predicted molar refractivity (Wildman–Crippen MR) is 101 cm³/mol. The van der Waals surface area contributed by atoms with E-state index in [-0.39, 0.29) is 23.3 Å². The van der Waals surface area contributed by atoms with Crippen molar-refractivity contribution in [3.8, 4) is 0 Å². The minimum atomic E-state index is -1.31. The Morgan fingerprint density at radius 2 is 1.74 bits per heavy atom. The molecule has 2 aromatic rings. The minimum Gasteiger partial charge on any atom is -0.465 e. The van der Waals surface area contributed by atoms with E-state index in [0.29, 0.717) is 4.90 Å². The first-order chi connectivity index (χ1) is 12.9. The summed E-state index contributed by atoms with van der Waals surface area (Å²) in [7, 11) is -0.0701. The average molecular weight is 388 g/mol. The molecule has 27 heavy (non-hydrogen) atoms. The third-order valence-electron chi connectivity index (χ3n) is 3.79. The molecule has 0 bridgehead atoms. The summed E-state index contributed by atoms with van der Waals surface area (Å²) >= 11 is 0. The lowest BCUT2D eigenvalue weighted by atomic mass is 10.1. The molecular weight excluding hydrogens is 368 g/mol. The van der Waals surface area contributed by atoms with Gasteiger partial charge in [0.1, 0.15) is 6.04 Å². The summed E-state index contributed by atoms with van der Waals surface area (Å²) in [5.74, 6) is -1.69. The summed E-state index contributed by atoms with van der Waals surface area (Å²) in [4.78, 5) is 36.3. The second kappa shape index (κ2) is 9.63. The van der Waals surface area contributed by atoms with E-state index in [9.17, 15) is 18.6 Å². The molecule has 0 fully saturated rings. The maximum Gasteiger partial charge on any atom is 0.337 e. The molecule has 2 aromatic carbocycles. The fourth-order valence-electron chi connectivity index (χ4n) is 2.35. The molecule has 0 aromatic heterocycles. The number of carbonyl (C=O) groups excluding carboxylic acids is 3. The highest BCUT2D eigenvalue weighted by Gasteiger charge is 2.21. The smallest absolute Gasteiger partial charge is 0.337 e. The third-order valence-corrected chi connectivity index (χ3v) is 5.20. The fourth-order valence-corrected chi connectivity index (χ4v) is 3.49. The monoisotopic (exact) mass is 388 g/mol. The molecule has 0 spiro atoms. The first-order valence-corrected chi connectivity index (χ1v) is 9.46. The number of carbonyl (C=O) groups is 3. The lowest BCUT2D eigenvalue weighted by Crippen LogP contribution is -2.45. The van der Waals surface area contributed by atoms with Crippen molar-refractivity contribution in [1.29, 1.82) is 0 Å². The Morgan fingerprint density at radius 1 is 1.07 bits per heavy atom. The van der Waals surface area contributed by atoms with Crippen molar-refractivity contribution in [3.05, 3.63) is 65.7 Å². The standard InChI is InChI=1S/C19H20N2O5S/c1-26-19(24)14-7-5-6-13(12-14)18(23)21-16(17(20)22)10-11-27(25)15-8-3-2-4-9-15/h2-9,12,16H,10-11H2,1H3,(H2,20,22)(H,21,23)/t16-,27-/m0/s1. The Balaban J connectivity index is 2.03. The van der Waals surface area contributed by atoms with Crippen LogP contribution in [0.4, 0.5) is 0 Å². The second-order valence-electron chi connectivity index (χ2n) is 5.65. The molecule has 142 valence electrons. The maximum absolute atomic E-state index is 12.4. The van der Waals surface area contributed by atoms with Gasteiger partial charge in [0.2, 0.25) is 5.91 Å². The SMILES string of the molecule is COC(=O)c1cccc(C(=O)N[C@@H](CC[S@](=O)c2ccccc2)C(N)=O)c1. The lowest BCUT2D eigenvalue weighted by Gasteiger charge is -2.15. The molecule has 7 nitrogen and oxygen atoms in total. The van der Waals surface area contributed by atoms with Crippen LogP contribution >= 0.6 is 0 Å². The van der Waals surface area contributed by atoms with Crippen molar-refractivity contribution in [2.75, 3.05) is 12.9 Å². The van der Waals surface area contributed by atoms with Crippen molar-refractivity contribution in [2.24, 2.45) is 5.73 Å². The summed E-state index contributed by atoms with van der Waals surface area (Å²) in [6.07, 6.45) is 0.124. The number of esters is 1. The zero-order valence-corrected chi connectivity index (χ0v) is 15.5. The van der Waals surface area contributed by atoms with Gasteiger partial charge in [0.15, 0.2) is 0 Å². The Bertz CT molecular complexity index is 854. The molecule has 0 saturated heterocycles. The van der Waals surface area contributed by atoms with Gasteiger partial charge < -0.3 is 15.8 Å². The number of nitrogens with two attached hydrogens (primary N) is 1. The number of hydrogen-bond acceptors (Lipinski definition) is 5. The van der Waals surface area contributed by atoms with Crippen LogP contribution in [0.2, 0.25) is 0 Å². The van der Waals surface area contributed by atoms with Gasteiger partial charge in [0.05, 0.1) is 23.5 Å². The molecule has 0 unspecified atom stereocenters.